The molecule has 1 aromatic rings. The lowest BCUT2D eigenvalue weighted by molar-refractivity contribution is 0.484. The molecule has 0 aliphatic rings. The Hall–Kier alpha value is -0.790. The predicted molar refractivity (Wildman–Crippen MR) is 81.3 cm³/mol. The Morgan fingerprint density at radius 1 is 1.44 bits per heavy atom. The lowest BCUT2D eigenvalue weighted by atomic mass is 9.96. The Morgan fingerprint density at radius 3 is 2.83 bits per heavy atom. The van der Waals surface area contributed by atoms with Gasteiger partial charge < -0.3 is 5.32 Å². The van der Waals surface area contributed by atoms with Crippen molar-refractivity contribution in [1.29, 1.82) is 0 Å². The number of rotatable bonds is 8. The van der Waals surface area contributed by atoms with Gasteiger partial charge in [0.05, 0.1) is 0 Å². The third-order valence-electron chi connectivity index (χ3n) is 3.15. The zero-order valence-corrected chi connectivity index (χ0v) is 12.3. The molecule has 1 unspecified atom stereocenters. The maximum Gasteiger partial charge on any atom is 0.0408 e. The van der Waals surface area contributed by atoms with Crippen LogP contribution < -0.4 is 5.32 Å². The Bertz CT molecular complexity index is 373. The average Bonchev–Trinajstić information content (AvgIpc) is 2.34. The van der Waals surface area contributed by atoms with E-state index in [1.54, 1.807) is 0 Å². The van der Waals surface area contributed by atoms with E-state index in [4.69, 9.17) is 11.6 Å². The Balaban J connectivity index is 2.76. The number of nitrogens with one attached hydrogen (secondary N) is 1. The van der Waals surface area contributed by atoms with E-state index in [9.17, 15) is 0 Å². The highest BCUT2D eigenvalue weighted by atomic mass is 35.5. The average molecular weight is 266 g/mol. The second-order valence-electron chi connectivity index (χ2n) is 4.73. The summed E-state index contributed by atoms with van der Waals surface area (Å²) in [6.07, 6.45) is 6.55. The summed E-state index contributed by atoms with van der Waals surface area (Å²) in [5.41, 5.74) is 2.65. The minimum absolute atomic E-state index is 0.433. The molecule has 0 spiro atoms. The van der Waals surface area contributed by atoms with Gasteiger partial charge in [-0.1, -0.05) is 30.7 Å². The van der Waals surface area contributed by atoms with Crippen LogP contribution in [-0.2, 0) is 0 Å². The van der Waals surface area contributed by atoms with E-state index in [0.717, 1.165) is 30.8 Å². The quantitative estimate of drug-likeness (QED) is 0.513. The van der Waals surface area contributed by atoms with Gasteiger partial charge in [0.1, 0.15) is 0 Å². The van der Waals surface area contributed by atoms with Crippen molar-refractivity contribution >= 4 is 11.6 Å². The van der Waals surface area contributed by atoms with Crippen molar-refractivity contribution in [3.8, 4) is 0 Å². The zero-order chi connectivity index (χ0) is 13.4. The molecule has 0 fully saturated rings. The second-order valence-corrected chi connectivity index (χ2v) is 5.16. The molecule has 1 atom stereocenters. The van der Waals surface area contributed by atoms with E-state index in [0.29, 0.717) is 6.04 Å². The van der Waals surface area contributed by atoms with E-state index in [-0.39, 0.29) is 0 Å². The van der Waals surface area contributed by atoms with E-state index in [1.165, 1.54) is 17.5 Å². The molecule has 0 aliphatic heterocycles. The van der Waals surface area contributed by atoms with Gasteiger partial charge in [-0.05, 0) is 62.4 Å². The highest BCUT2D eigenvalue weighted by molar-refractivity contribution is 6.30. The molecule has 1 aromatic carbocycles. The number of hydrogen-bond donors (Lipinski definition) is 1. The molecule has 2 heteroatoms. The predicted octanol–water partition coefficient (Wildman–Crippen LogP) is 5.05. The minimum atomic E-state index is 0.433. The fourth-order valence-electron chi connectivity index (χ4n) is 2.18. The summed E-state index contributed by atoms with van der Waals surface area (Å²) in [5.74, 6) is 0. The molecule has 0 amide bonds. The molecule has 1 nitrogen and oxygen atoms in total. The molecule has 1 rings (SSSR count). The molecular weight excluding hydrogens is 242 g/mol. The van der Waals surface area contributed by atoms with E-state index in [1.807, 2.05) is 18.2 Å². The fraction of sp³-hybridized carbons (Fsp3) is 0.500. The molecule has 100 valence electrons. The Kier molecular flexibility index (Phi) is 7.07. The first-order valence-corrected chi connectivity index (χ1v) is 7.17. The van der Waals surface area contributed by atoms with Crippen LogP contribution in [0.4, 0.5) is 0 Å². The van der Waals surface area contributed by atoms with Crippen LogP contribution >= 0.6 is 11.6 Å². The highest BCUT2D eigenvalue weighted by Gasteiger charge is 2.12. The van der Waals surface area contributed by atoms with Crippen molar-refractivity contribution in [3.63, 3.8) is 0 Å². The third kappa shape index (κ3) is 4.83. The molecule has 0 bridgehead atoms. The smallest absolute Gasteiger partial charge is 0.0408 e. The lowest BCUT2D eigenvalue weighted by Crippen LogP contribution is -2.22. The summed E-state index contributed by atoms with van der Waals surface area (Å²) in [5, 5.41) is 4.44. The van der Waals surface area contributed by atoms with Crippen molar-refractivity contribution in [2.24, 2.45) is 0 Å². The van der Waals surface area contributed by atoms with Gasteiger partial charge in [-0.2, -0.15) is 0 Å². The molecule has 0 saturated heterocycles. The van der Waals surface area contributed by atoms with Crippen molar-refractivity contribution in [2.45, 2.75) is 45.6 Å². The van der Waals surface area contributed by atoms with Crippen LogP contribution in [0.3, 0.4) is 0 Å². The first kappa shape index (κ1) is 15.3. The number of aryl methyl sites for hydroxylation is 1. The first-order chi connectivity index (χ1) is 8.69. The minimum Gasteiger partial charge on any atom is -0.310 e. The SMILES string of the molecule is C=CCCCC(NCCC)c1ccc(Cl)cc1C. The van der Waals surface area contributed by atoms with Crippen molar-refractivity contribution in [1.82, 2.24) is 5.32 Å². The summed E-state index contributed by atoms with van der Waals surface area (Å²) in [7, 11) is 0. The number of allylic oxidation sites excluding steroid dienone is 1. The molecule has 0 radical (unpaired) electrons. The number of hydrogen-bond acceptors (Lipinski definition) is 1. The van der Waals surface area contributed by atoms with E-state index >= 15 is 0 Å². The van der Waals surface area contributed by atoms with Crippen LogP contribution in [0.15, 0.2) is 30.9 Å². The molecule has 0 heterocycles. The van der Waals surface area contributed by atoms with E-state index < -0.39 is 0 Å². The van der Waals surface area contributed by atoms with Crippen LogP contribution in [0.2, 0.25) is 5.02 Å². The number of halogens is 1. The summed E-state index contributed by atoms with van der Waals surface area (Å²) in [4.78, 5) is 0. The fourth-order valence-corrected chi connectivity index (χ4v) is 2.41. The van der Waals surface area contributed by atoms with Crippen molar-refractivity contribution < 1.29 is 0 Å². The summed E-state index contributed by atoms with van der Waals surface area (Å²) >= 11 is 6.02. The lowest BCUT2D eigenvalue weighted by Gasteiger charge is -2.21. The Labute approximate surface area is 116 Å². The summed E-state index contributed by atoms with van der Waals surface area (Å²) in [6, 6.07) is 6.62. The van der Waals surface area contributed by atoms with Crippen molar-refractivity contribution in [3.05, 3.63) is 47.0 Å². The van der Waals surface area contributed by atoms with Crippen LogP contribution in [0.5, 0.6) is 0 Å². The van der Waals surface area contributed by atoms with E-state index in [2.05, 4.69) is 31.8 Å². The van der Waals surface area contributed by atoms with Crippen LogP contribution in [0, 0.1) is 6.92 Å². The number of unbranched alkanes of at least 4 members (excludes halogenated alkanes) is 1. The number of benzene rings is 1. The van der Waals surface area contributed by atoms with Gasteiger partial charge in [0.25, 0.3) is 0 Å². The largest absolute Gasteiger partial charge is 0.310 e. The van der Waals surface area contributed by atoms with Gasteiger partial charge in [0, 0.05) is 11.1 Å². The molecular formula is C16H24ClN. The van der Waals surface area contributed by atoms with Crippen molar-refractivity contribution in [2.75, 3.05) is 6.54 Å². The van der Waals surface area contributed by atoms with Gasteiger partial charge in [-0.25, -0.2) is 0 Å². The molecule has 1 N–H and O–H groups in total. The Morgan fingerprint density at radius 2 is 2.22 bits per heavy atom. The first-order valence-electron chi connectivity index (χ1n) is 6.79. The van der Waals surface area contributed by atoms with Gasteiger partial charge in [0.2, 0.25) is 0 Å². The maximum atomic E-state index is 6.02. The topological polar surface area (TPSA) is 12.0 Å². The van der Waals surface area contributed by atoms with Gasteiger partial charge in [-0.3, -0.25) is 0 Å². The third-order valence-corrected chi connectivity index (χ3v) is 3.38. The highest BCUT2D eigenvalue weighted by Crippen LogP contribution is 2.25. The normalized spacial score (nSPS) is 12.4. The van der Waals surface area contributed by atoms with Gasteiger partial charge in [0.15, 0.2) is 0 Å². The molecule has 0 aromatic heterocycles. The standard InChI is InChI=1S/C16H24ClN/c1-4-6-7-8-16(18-11-5-2)15-10-9-14(17)12-13(15)3/h4,9-10,12,16,18H,1,5-8,11H2,2-3H3. The summed E-state index contributed by atoms with van der Waals surface area (Å²) in [6.45, 7) is 9.17. The zero-order valence-electron chi connectivity index (χ0n) is 11.5. The van der Waals surface area contributed by atoms with Crippen LogP contribution in [0.25, 0.3) is 0 Å². The van der Waals surface area contributed by atoms with Gasteiger partial charge in [-0.15, -0.1) is 6.58 Å². The molecule has 18 heavy (non-hydrogen) atoms. The van der Waals surface area contributed by atoms with Crippen LogP contribution in [0.1, 0.15) is 49.8 Å². The monoisotopic (exact) mass is 265 g/mol. The van der Waals surface area contributed by atoms with Gasteiger partial charge >= 0.3 is 0 Å². The second kappa shape index (κ2) is 8.34. The molecule has 0 saturated carbocycles. The van der Waals surface area contributed by atoms with Crippen LogP contribution in [-0.4, -0.2) is 6.54 Å². The molecule has 0 aliphatic carbocycles. The maximum absolute atomic E-state index is 6.02. The summed E-state index contributed by atoms with van der Waals surface area (Å²) < 4.78 is 0.